The predicted octanol–water partition coefficient (Wildman–Crippen LogP) is 0.450. The Kier molecular flexibility index (Phi) is 4.55. The third-order valence-corrected chi connectivity index (χ3v) is 4.22. The number of carboxylic acid groups (broad SMARTS) is 1. The first kappa shape index (κ1) is 16.7. The lowest BCUT2D eigenvalue weighted by molar-refractivity contribution is -0.162. The number of nitrogens with zero attached hydrogens (tertiary/aromatic N) is 3. The summed E-state index contributed by atoms with van der Waals surface area (Å²) in [4.78, 5) is 48.8. The van der Waals surface area contributed by atoms with Gasteiger partial charge in [-0.05, 0) is 25.0 Å². The zero-order valence-corrected chi connectivity index (χ0v) is 13.4. The van der Waals surface area contributed by atoms with Gasteiger partial charge in [-0.2, -0.15) is 0 Å². The van der Waals surface area contributed by atoms with E-state index in [0.717, 1.165) is 10.0 Å². The molecule has 1 aromatic rings. The Morgan fingerprint density at radius 2 is 1.84 bits per heavy atom. The van der Waals surface area contributed by atoms with Crippen molar-refractivity contribution in [2.45, 2.75) is 25.3 Å². The number of nitrogens with one attached hydrogen (secondary N) is 1. The lowest BCUT2D eigenvalue weighted by atomic mass is 10.1. The Morgan fingerprint density at radius 1 is 1.12 bits per heavy atom. The summed E-state index contributed by atoms with van der Waals surface area (Å²) in [5.41, 5.74) is 2.83. The SMILES string of the molecule is O=C(NN1CCC(=O)N2CCCC(C(=O)O)N2C1=O)c1ccccc1. The minimum absolute atomic E-state index is 0.00362. The van der Waals surface area contributed by atoms with Gasteiger partial charge in [0.2, 0.25) is 5.91 Å². The van der Waals surface area contributed by atoms with Gasteiger partial charge in [-0.3, -0.25) is 15.0 Å². The van der Waals surface area contributed by atoms with Gasteiger partial charge in [0, 0.05) is 18.5 Å². The number of fused-ring (bicyclic) bond motifs is 1. The molecule has 2 aliphatic rings. The fourth-order valence-electron chi connectivity index (χ4n) is 2.98. The van der Waals surface area contributed by atoms with Crippen LogP contribution in [-0.4, -0.2) is 63.1 Å². The maximum Gasteiger partial charge on any atom is 0.358 e. The molecule has 0 bridgehead atoms. The average molecular weight is 346 g/mol. The molecular formula is C16H18N4O5. The molecule has 2 heterocycles. The zero-order valence-electron chi connectivity index (χ0n) is 13.4. The molecule has 2 fully saturated rings. The van der Waals surface area contributed by atoms with Crippen molar-refractivity contribution in [1.29, 1.82) is 0 Å². The molecule has 1 unspecified atom stereocenters. The summed E-state index contributed by atoms with van der Waals surface area (Å²) in [5.74, 6) is -2.02. The number of aliphatic carboxylic acids is 1. The topological polar surface area (TPSA) is 110 Å². The van der Waals surface area contributed by atoms with Crippen molar-refractivity contribution in [3.05, 3.63) is 35.9 Å². The lowest BCUT2D eigenvalue weighted by Gasteiger charge is -2.41. The van der Waals surface area contributed by atoms with Crippen molar-refractivity contribution in [3.63, 3.8) is 0 Å². The van der Waals surface area contributed by atoms with Crippen molar-refractivity contribution in [1.82, 2.24) is 20.5 Å². The van der Waals surface area contributed by atoms with Crippen LogP contribution in [0.15, 0.2) is 30.3 Å². The molecule has 0 spiro atoms. The quantitative estimate of drug-likeness (QED) is 0.826. The van der Waals surface area contributed by atoms with Crippen LogP contribution in [0, 0.1) is 0 Å². The number of rotatable bonds is 3. The van der Waals surface area contributed by atoms with Crippen LogP contribution < -0.4 is 5.43 Å². The van der Waals surface area contributed by atoms with E-state index in [9.17, 15) is 24.3 Å². The van der Waals surface area contributed by atoms with E-state index in [1.54, 1.807) is 30.3 Å². The van der Waals surface area contributed by atoms with Gasteiger partial charge in [-0.15, -0.1) is 0 Å². The molecule has 4 amide bonds. The third-order valence-electron chi connectivity index (χ3n) is 4.22. The Balaban J connectivity index is 1.83. The Hall–Kier alpha value is -3.10. The number of hydrazine groups is 2. The summed E-state index contributed by atoms with van der Waals surface area (Å²) in [6, 6.07) is 6.48. The zero-order chi connectivity index (χ0) is 18.0. The molecule has 2 saturated heterocycles. The van der Waals surface area contributed by atoms with Gasteiger partial charge in [0.05, 0.1) is 6.54 Å². The molecule has 3 rings (SSSR count). The van der Waals surface area contributed by atoms with Crippen LogP contribution in [0.25, 0.3) is 0 Å². The van der Waals surface area contributed by atoms with E-state index in [-0.39, 0.29) is 31.8 Å². The van der Waals surface area contributed by atoms with Crippen LogP contribution in [0.5, 0.6) is 0 Å². The first-order chi connectivity index (χ1) is 12.0. The second kappa shape index (κ2) is 6.80. The number of carbonyl (C=O) groups excluding carboxylic acids is 3. The fraction of sp³-hybridized carbons (Fsp3) is 0.375. The highest BCUT2D eigenvalue weighted by molar-refractivity contribution is 5.96. The third kappa shape index (κ3) is 3.25. The molecule has 0 aromatic heterocycles. The van der Waals surface area contributed by atoms with E-state index < -0.39 is 23.9 Å². The maximum absolute atomic E-state index is 12.8. The number of benzene rings is 1. The molecular weight excluding hydrogens is 328 g/mol. The van der Waals surface area contributed by atoms with Crippen LogP contribution in [0.1, 0.15) is 29.6 Å². The highest BCUT2D eigenvalue weighted by Gasteiger charge is 2.43. The van der Waals surface area contributed by atoms with Crippen LogP contribution in [-0.2, 0) is 9.59 Å². The summed E-state index contributed by atoms with van der Waals surface area (Å²) in [5, 5.41) is 12.5. The lowest BCUT2D eigenvalue weighted by Crippen LogP contribution is -2.62. The van der Waals surface area contributed by atoms with E-state index in [4.69, 9.17) is 0 Å². The summed E-state index contributed by atoms with van der Waals surface area (Å²) >= 11 is 0. The molecule has 25 heavy (non-hydrogen) atoms. The fourth-order valence-corrected chi connectivity index (χ4v) is 2.98. The van der Waals surface area contributed by atoms with Crippen LogP contribution in [0.4, 0.5) is 4.79 Å². The van der Waals surface area contributed by atoms with Crippen LogP contribution in [0.2, 0.25) is 0 Å². The molecule has 0 aliphatic carbocycles. The second-order valence-electron chi connectivity index (χ2n) is 5.85. The molecule has 132 valence electrons. The van der Waals surface area contributed by atoms with Crippen molar-refractivity contribution in [3.8, 4) is 0 Å². The van der Waals surface area contributed by atoms with Gasteiger partial charge in [0.25, 0.3) is 5.91 Å². The normalized spacial score (nSPS) is 20.8. The maximum atomic E-state index is 12.8. The molecule has 1 atom stereocenters. The predicted molar refractivity (Wildman–Crippen MR) is 84.8 cm³/mol. The number of carboxylic acids is 1. The smallest absolute Gasteiger partial charge is 0.358 e. The monoisotopic (exact) mass is 346 g/mol. The van der Waals surface area contributed by atoms with Crippen LogP contribution >= 0.6 is 0 Å². The van der Waals surface area contributed by atoms with Crippen molar-refractivity contribution in [2.75, 3.05) is 13.1 Å². The molecule has 9 heteroatoms. The van der Waals surface area contributed by atoms with Crippen molar-refractivity contribution < 1.29 is 24.3 Å². The summed E-state index contributed by atoms with van der Waals surface area (Å²) < 4.78 is 0. The minimum atomic E-state index is -1.18. The average Bonchev–Trinajstić information content (AvgIpc) is 2.74. The molecule has 0 radical (unpaired) electrons. The van der Waals surface area contributed by atoms with E-state index in [1.165, 1.54) is 5.01 Å². The highest BCUT2D eigenvalue weighted by atomic mass is 16.4. The molecule has 0 saturated carbocycles. The second-order valence-corrected chi connectivity index (χ2v) is 5.85. The van der Waals surface area contributed by atoms with E-state index in [0.29, 0.717) is 12.0 Å². The van der Waals surface area contributed by atoms with Crippen molar-refractivity contribution in [2.24, 2.45) is 0 Å². The van der Waals surface area contributed by atoms with Gasteiger partial charge >= 0.3 is 12.0 Å². The standard InChI is InChI=1S/C16H18N4O5/c21-13-8-10-18(17-14(22)11-5-2-1-3-6-11)16(25)20-12(15(23)24)7-4-9-19(13)20/h1-3,5-6,12H,4,7-10H2,(H,17,22)(H,23,24). The summed E-state index contributed by atoms with van der Waals surface area (Å²) in [6.07, 6.45) is 0.762. The van der Waals surface area contributed by atoms with Gasteiger partial charge in [-0.25, -0.2) is 24.6 Å². The number of hydrogen-bond donors (Lipinski definition) is 2. The van der Waals surface area contributed by atoms with Gasteiger partial charge in [-0.1, -0.05) is 18.2 Å². The van der Waals surface area contributed by atoms with Crippen molar-refractivity contribution >= 4 is 23.8 Å². The first-order valence-corrected chi connectivity index (χ1v) is 7.99. The first-order valence-electron chi connectivity index (χ1n) is 7.99. The highest BCUT2D eigenvalue weighted by Crippen LogP contribution is 2.23. The summed E-state index contributed by atoms with van der Waals surface area (Å²) in [6.45, 7) is 0.268. The summed E-state index contributed by atoms with van der Waals surface area (Å²) in [7, 11) is 0. The van der Waals surface area contributed by atoms with Crippen LogP contribution in [0.3, 0.4) is 0 Å². The Bertz CT molecular complexity index is 708. The van der Waals surface area contributed by atoms with Gasteiger partial charge < -0.3 is 5.11 Å². The number of urea groups is 1. The Labute approximate surface area is 143 Å². The molecule has 9 nitrogen and oxygen atoms in total. The largest absolute Gasteiger partial charge is 0.480 e. The molecule has 2 aliphatic heterocycles. The van der Waals surface area contributed by atoms with Gasteiger partial charge in [0.1, 0.15) is 0 Å². The minimum Gasteiger partial charge on any atom is -0.480 e. The number of hydrogen-bond acceptors (Lipinski definition) is 4. The van der Waals surface area contributed by atoms with E-state index in [1.807, 2.05) is 0 Å². The number of amides is 4. The molecule has 2 N–H and O–H groups in total. The van der Waals surface area contributed by atoms with E-state index in [2.05, 4.69) is 5.43 Å². The number of carbonyl (C=O) groups is 4. The Morgan fingerprint density at radius 3 is 2.52 bits per heavy atom. The van der Waals surface area contributed by atoms with Gasteiger partial charge in [0.15, 0.2) is 6.04 Å². The van der Waals surface area contributed by atoms with E-state index >= 15 is 0 Å². The molecule has 1 aromatic carbocycles.